The van der Waals surface area contributed by atoms with Gasteiger partial charge in [0.1, 0.15) is 0 Å². The Labute approximate surface area is 95.9 Å². The lowest BCUT2D eigenvalue weighted by Crippen LogP contribution is -2.42. The maximum Gasteiger partial charge on any atom is 0.171 e. The van der Waals surface area contributed by atoms with Gasteiger partial charge in [-0.15, -0.1) is 0 Å². The molecule has 0 saturated carbocycles. The smallest absolute Gasteiger partial charge is 0.171 e. The molecule has 4 nitrogen and oxygen atoms in total. The summed E-state index contributed by atoms with van der Waals surface area (Å²) in [6.07, 6.45) is 3.31. The molecule has 1 saturated heterocycles. The van der Waals surface area contributed by atoms with Crippen LogP contribution in [-0.2, 0) is 0 Å². The van der Waals surface area contributed by atoms with Crippen molar-refractivity contribution in [1.29, 1.82) is 0 Å². The van der Waals surface area contributed by atoms with Crippen LogP contribution in [0.15, 0.2) is 18.3 Å². The average Bonchev–Trinajstić information content (AvgIpc) is 2.29. The van der Waals surface area contributed by atoms with E-state index in [0.29, 0.717) is 0 Å². The Morgan fingerprint density at radius 2 is 2.12 bits per heavy atom. The zero-order chi connectivity index (χ0) is 11.6. The normalized spacial score (nSPS) is 19.6. The Bertz CT molecular complexity index is 356. The number of nitrogens with zero attached hydrogens (tertiary/aromatic N) is 2. The van der Waals surface area contributed by atoms with Gasteiger partial charge in [-0.1, -0.05) is 0 Å². The first-order valence-corrected chi connectivity index (χ1v) is 5.59. The molecular formula is C12H18N2O2. The van der Waals surface area contributed by atoms with Crippen molar-refractivity contribution >= 4 is 5.82 Å². The molecule has 0 aromatic carbocycles. The van der Waals surface area contributed by atoms with Crippen LogP contribution in [0, 0.1) is 0 Å². The van der Waals surface area contributed by atoms with Crippen molar-refractivity contribution in [3.8, 4) is 5.75 Å². The minimum atomic E-state index is -0.529. The summed E-state index contributed by atoms with van der Waals surface area (Å²) < 4.78 is 5.28. The van der Waals surface area contributed by atoms with E-state index in [0.717, 1.165) is 37.5 Å². The number of methoxy groups -OCH3 is 1. The van der Waals surface area contributed by atoms with Gasteiger partial charge in [0.25, 0.3) is 0 Å². The van der Waals surface area contributed by atoms with E-state index in [-0.39, 0.29) is 0 Å². The minimum Gasteiger partial charge on any atom is -0.493 e. The average molecular weight is 222 g/mol. The molecule has 88 valence electrons. The van der Waals surface area contributed by atoms with Crippen LogP contribution in [0.4, 0.5) is 5.82 Å². The lowest BCUT2D eigenvalue weighted by molar-refractivity contribution is 0.0349. The fourth-order valence-corrected chi connectivity index (χ4v) is 1.98. The molecule has 0 spiro atoms. The van der Waals surface area contributed by atoms with Gasteiger partial charge in [0, 0.05) is 19.3 Å². The third kappa shape index (κ3) is 2.27. The van der Waals surface area contributed by atoms with Crippen LogP contribution in [0.3, 0.4) is 0 Å². The number of hydrogen-bond donors (Lipinski definition) is 1. The zero-order valence-electron chi connectivity index (χ0n) is 9.81. The third-order valence-corrected chi connectivity index (χ3v) is 3.11. The van der Waals surface area contributed by atoms with E-state index in [4.69, 9.17) is 4.74 Å². The molecule has 16 heavy (non-hydrogen) atoms. The maximum atomic E-state index is 9.89. The van der Waals surface area contributed by atoms with Gasteiger partial charge < -0.3 is 14.7 Å². The molecule has 2 rings (SSSR count). The topological polar surface area (TPSA) is 45.6 Å². The monoisotopic (exact) mass is 222 g/mol. The van der Waals surface area contributed by atoms with Crippen LogP contribution >= 0.6 is 0 Å². The number of ether oxygens (including phenoxy) is 1. The first-order chi connectivity index (χ1) is 7.62. The number of hydrogen-bond acceptors (Lipinski definition) is 4. The van der Waals surface area contributed by atoms with Gasteiger partial charge in [0.15, 0.2) is 11.6 Å². The fraction of sp³-hybridized carbons (Fsp3) is 0.583. The number of piperidine rings is 1. The highest BCUT2D eigenvalue weighted by Gasteiger charge is 2.28. The number of aromatic nitrogens is 1. The van der Waals surface area contributed by atoms with Gasteiger partial charge >= 0.3 is 0 Å². The van der Waals surface area contributed by atoms with E-state index in [1.54, 1.807) is 13.3 Å². The molecule has 0 bridgehead atoms. The second-order valence-electron chi connectivity index (χ2n) is 4.51. The molecule has 1 N–H and O–H groups in total. The number of aliphatic hydroxyl groups is 1. The van der Waals surface area contributed by atoms with Crippen molar-refractivity contribution in [1.82, 2.24) is 4.98 Å². The predicted octanol–water partition coefficient (Wildman–Crippen LogP) is 1.44. The SMILES string of the molecule is COc1cccnc1N1CCC(C)(O)CC1. The Morgan fingerprint density at radius 1 is 1.44 bits per heavy atom. The van der Waals surface area contributed by atoms with E-state index in [9.17, 15) is 5.11 Å². The molecule has 0 atom stereocenters. The number of pyridine rings is 1. The molecule has 0 aliphatic carbocycles. The Kier molecular flexibility index (Phi) is 3.01. The van der Waals surface area contributed by atoms with Crippen molar-refractivity contribution < 1.29 is 9.84 Å². The number of anilines is 1. The summed E-state index contributed by atoms with van der Waals surface area (Å²) in [6.45, 7) is 3.53. The summed E-state index contributed by atoms with van der Waals surface area (Å²) in [4.78, 5) is 6.50. The van der Waals surface area contributed by atoms with Crippen LogP contribution in [0.5, 0.6) is 5.75 Å². The van der Waals surface area contributed by atoms with Crippen molar-refractivity contribution in [3.05, 3.63) is 18.3 Å². The molecule has 1 aliphatic rings. The van der Waals surface area contributed by atoms with Crippen molar-refractivity contribution in [3.63, 3.8) is 0 Å². The molecule has 1 aliphatic heterocycles. The van der Waals surface area contributed by atoms with E-state index in [1.807, 2.05) is 19.1 Å². The van der Waals surface area contributed by atoms with Crippen LogP contribution in [0.2, 0.25) is 0 Å². The van der Waals surface area contributed by atoms with Gasteiger partial charge in [-0.05, 0) is 31.9 Å². The zero-order valence-corrected chi connectivity index (χ0v) is 9.81. The van der Waals surface area contributed by atoms with Gasteiger partial charge in [0.05, 0.1) is 12.7 Å². The van der Waals surface area contributed by atoms with Gasteiger partial charge in [-0.2, -0.15) is 0 Å². The van der Waals surface area contributed by atoms with E-state index in [2.05, 4.69) is 9.88 Å². The van der Waals surface area contributed by atoms with E-state index < -0.39 is 5.60 Å². The molecule has 0 radical (unpaired) electrons. The molecule has 1 aromatic heterocycles. The first kappa shape index (κ1) is 11.2. The summed E-state index contributed by atoms with van der Waals surface area (Å²) in [5.41, 5.74) is -0.529. The standard InChI is InChI=1S/C12H18N2O2/c1-12(15)5-8-14(9-6-12)11-10(16-2)4-3-7-13-11/h3-4,7,15H,5-6,8-9H2,1-2H3. The van der Waals surface area contributed by atoms with Crippen LogP contribution in [-0.4, -0.2) is 35.9 Å². The van der Waals surface area contributed by atoms with Crippen molar-refractivity contribution in [2.24, 2.45) is 0 Å². The second-order valence-corrected chi connectivity index (χ2v) is 4.51. The molecular weight excluding hydrogens is 204 g/mol. The summed E-state index contributed by atoms with van der Waals surface area (Å²) in [5.74, 6) is 1.67. The lowest BCUT2D eigenvalue weighted by Gasteiger charge is -2.36. The highest BCUT2D eigenvalue weighted by Crippen LogP contribution is 2.30. The van der Waals surface area contributed by atoms with Crippen molar-refractivity contribution in [2.75, 3.05) is 25.1 Å². The predicted molar refractivity (Wildman–Crippen MR) is 62.9 cm³/mol. The van der Waals surface area contributed by atoms with Gasteiger partial charge in [-0.3, -0.25) is 0 Å². The van der Waals surface area contributed by atoms with Gasteiger partial charge in [0.2, 0.25) is 0 Å². The highest BCUT2D eigenvalue weighted by molar-refractivity contribution is 5.52. The summed E-state index contributed by atoms with van der Waals surface area (Å²) in [7, 11) is 1.65. The highest BCUT2D eigenvalue weighted by atomic mass is 16.5. The molecule has 2 heterocycles. The summed E-state index contributed by atoms with van der Waals surface area (Å²) >= 11 is 0. The second kappa shape index (κ2) is 4.29. The summed E-state index contributed by atoms with van der Waals surface area (Å²) in [6, 6.07) is 3.78. The number of rotatable bonds is 2. The lowest BCUT2D eigenvalue weighted by atomic mass is 9.94. The van der Waals surface area contributed by atoms with Crippen LogP contribution in [0.25, 0.3) is 0 Å². The van der Waals surface area contributed by atoms with E-state index in [1.165, 1.54) is 0 Å². The molecule has 1 aromatic rings. The Balaban J connectivity index is 2.14. The first-order valence-electron chi connectivity index (χ1n) is 5.59. The fourth-order valence-electron chi connectivity index (χ4n) is 1.98. The third-order valence-electron chi connectivity index (χ3n) is 3.11. The summed E-state index contributed by atoms with van der Waals surface area (Å²) in [5, 5.41) is 9.89. The molecule has 1 fully saturated rings. The Hall–Kier alpha value is -1.29. The van der Waals surface area contributed by atoms with Crippen LogP contribution < -0.4 is 9.64 Å². The maximum absolute atomic E-state index is 9.89. The quantitative estimate of drug-likeness (QED) is 0.822. The van der Waals surface area contributed by atoms with E-state index >= 15 is 0 Å². The molecule has 0 unspecified atom stereocenters. The Morgan fingerprint density at radius 3 is 2.75 bits per heavy atom. The van der Waals surface area contributed by atoms with Gasteiger partial charge in [-0.25, -0.2) is 4.98 Å². The largest absolute Gasteiger partial charge is 0.493 e. The molecule has 0 amide bonds. The van der Waals surface area contributed by atoms with Crippen molar-refractivity contribution in [2.45, 2.75) is 25.4 Å². The molecule has 4 heteroatoms. The van der Waals surface area contributed by atoms with Crippen LogP contribution in [0.1, 0.15) is 19.8 Å². The minimum absolute atomic E-state index is 0.529.